The molecular weight excluding hydrogens is 348 g/mol. The van der Waals surface area contributed by atoms with Crippen LogP contribution in [0.15, 0.2) is 22.6 Å². The van der Waals surface area contributed by atoms with E-state index in [1.165, 1.54) is 6.92 Å². The van der Waals surface area contributed by atoms with Crippen molar-refractivity contribution in [3.63, 3.8) is 0 Å². The van der Waals surface area contributed by atoms with Crippen molar-refractivity contribution in [3.05, 3.63) is 24.1 Å². The quantitative estimate of drug-likeness (QED) is 0.761. The van der Waals surface area contributed by atoms with Gasteiger partial charge in [-0.3, -0.25) is 14.5 Å². The molecule has 0 radical (unpaired) electrons. The van der Waals surface area contributed by atoms with Gasteiger partial charge in [0.2, 0.25) is 17.7 Å². The lowest BCUT2D eigenvalue weighted by Crippen LogP contribution is -2.41. The molecule has 2 aromatic rings. The number of carbonyl (C=O) groups excluding carboxylic acids is 2. The van der Waals surface area contributed by atoms with Crippen LogP contribution in [0.25, 0.3) is 11.1 Å². The molecule has 1 aliphatic rings. The number of methoxy groups -OCH3 is 1. The number of likely N-dealkylation sites (N-methyl/N-ethyl adjacent to an activating group) is 1. The number of hydrogen-bond acceptors (Lipinski definition) is 6. The summed E-state index contributed by atoms with van der Waals surface area (Å²) in [6, 6.07) is 5.86. The second-order valence-corrected chi connectivity index (χ2v) is 6.91. The third-order valence-electron chi connectivity index (χ3n) is 5.07. The molecule has 2 N–H and O–H groups in total. The number of oxazole rings is 1. The van der Waals surface area contributed by atoms with Crippen molar-refractivity contribution < 1.29 is 18.7 Å². The molecule has 2 amide bonds. The minimum atomic E-state index is -0.0353. The van der Waals surface area contributed by atoms with Gasteiger partial charge >= 0.3 is 0 Å². The van der Waals surface area contributed by atoms with Crippen molar-refractivity contribution in [2.45, 2.75) is 44.8 Å². The van der Waals surface area contributed by atoms with E-state index in [1.54, 1.807) is 19.2 Å². The molecule has 0 bridgehead atoms. The summed E-state index contributed by atoms with van der Waals surface area (Å²) in [5, 5.41) is 5.73. The van der Waals surface area contributed by atoms with Gasteiger partial charge in [-0.05, 0) is 32.0 Å². The van der Waals surface area contributed by atoms with Crippen LogP contribution in [0.1, 0.15) is 32.1 Å². The van der Waals surface area contributed by atoms with Gasteiger partial charge in [0.1, 0.15) is 11.3 Å². The Morgan fingerprint density at radius 2 is 2.07 bits per heavy atom. The number of aromatic nitrogens is 1. The Bertz CT molecular complexity index is 819. The van der Waals surface area contributed by atoms with Crippen molar-refractivity contribution in [1.29, 1.82) is 0 Å². The molecule has 1 saturated heterocycles. The fourth-order valence-electron chi connectivity index (χ4n) is 3.46. The summed E-state index contributed by atoms with van der Waals surface area (Å²) in [5.74, 6) is 1.12. The summed E-state index contributed by atoms with van der Waals surface area (Å²) < 4.78 is 10.8. The van der Waals surface area contributed by atoms with Crippen molar-refractivity contribution in [3.8, 4) is 5.75 Å². The molecule has 1 fully saturated rings. The zero-order valence-electron chi connectivity index (χ0n) is 15.9. The van der Waals surface area contributed by atoms with Gasteiger partial charge in [0.15, 0.2) is 5.58 Å². The molecule has 0 spiro atoms. The van der Waals surface area contributed by atoms with Crippen molar-refractivity contribution in [2.24, 2.45) is 0 Å². The molecule has 0 aliphatic carbocycles. The summed E-state index contributed by atoms with van der Waals surface area (Å²) in [4.78, 5) is 29.9. The predicted octanol–water partition coefficient (Wildman–Crippen LogP) is 1.44. The second kappa shape index (κ2) is 8.39. The topological polar surface area (TPSA) is 96.7 Å². The lowest BCUT2D eigenvalue weighted by atomic mass is 10.1. The van der Waals surface area contributed by atoms with Crippen LogP contribution in [0.5, 0.6) is 5.75 Å². The van der Waals surface area contributed by atoms with Gasteiger partial charge in [-0.25, -0.2) is 4.98 Å². The SMILES string of the molecule is COc1ccc2oc(CNC(=O)C[C@@H]3CC[C@H](CNC(C)=O)N3C)nc2c1. The zero-order chi connectivity index (χ0) is 19.4. The van der Waals surface area contributed by atoms with Gasteiger partial charge in [0.25, 0.3) is 0 Å². The molecule has 1 aliphatic heterocycles. The molecule has 2 heterocycles. The Balaban J connectivity index is 1.49. The van der Waals surface area contributed by atoms with Crippen LogP contribution in [-0.2, 0) is 16.1 Å². The Morgan fingerprint density at radius 3 is 2.81 bits per heavy atom. The highest BCUT2D eigenvalue weighted by molar-refractivity contribution is 5.77. The summed E-state index contributed by atoms with van der Waals surface area (Å²) >= 11 is 0. The van der Waals surface area contributed by atoms with E-state index in [0.29, 0.717) is 35.7 Å². The number of nitrogens with one attached hydrogen (secondary N) is 2. The van der Waals surface area contributed by atoms with Crippen LogP contribution >= 0.6 is 0 Å². The van der Waals surface area contributed by atoms with Crippen molar-refractivity contribution in [2.75, 3.05) is 20.7 Å². The van der Waals surface area contributed by atoms with Gasteiger partial charge in [-0.2, -0.15) is 0 Å². The number of fused-ring (bicyclic) bond motifs is 1. The van der Waals surface area contributed by atoms with E-state index in [9.17, 15) is 9.59 Å². The lowest BCUT2D eigenvalue weighted by Gasteiger charge is -2.25. The van der Waals surface area contributed by atoms with E-state index < -0.39 is 0 Å². The first kappa shape index (κ1) is 19.2. The minimum Gasteiger partial charge on any atom is -0.497 e. The number of rotatable bonds is 7. The second-order valence-electron chi connectivity index (χ2n) is 6.91. The Kier molecular flexibility index (Phi) is 5.95. The first-order chi connectivity index (χ1) is 13.0. The smallest absolute Gasteiger partial charge is 0.222 e. The Hall–Kier alpha value is -2.61. The maximum atomic E-state index is 12.3. The minimum absolute atomic E-state index is 0.0273. The fourth-order valence-corrected chi connectivity index (χ4v) is 3.46. The van der Waals surface area contributed by atoms with Gasteiger partial charge in [0.05, 0.1) is 13.7 Å². The number of hydrogen-bond donors (Lipinski definition) is 2. The number of carbonyl (C=O) groups is 2. The van der Waals surface area contributed by atoms with Crippen molar-refractivity contribution in [1.82, 2.24) is 20.5 Å². The lowest BCUT2D eigenvalue weighted by molar-refractivity contribution is -0.122. The van der Waals surface area contributed by atoms with E-state index in [2.05, 4.69) is 20.5 Å². The zero-order valence-corrected chi connectivity index (χ0v) is 15.9. The Morgan fingerprint density at radius 1 is 1.30 bits per heavy atom. The first-order valence-corrected chi connectivity index (χ1v) is 9.12. The van der Waals surface area contributed by atoms with Gasteiger partial charge in [-0.1, -0.05) is 0 Å². The third-order valence-corrected chi connectivity index (χ3v) is 5.07. The largest absolute Gasteiger partial charge is 0.497 e. The van der Waals surface area contributed by atoms with Gasteiger partial charge < -0.3 is 19.8 Å². The molecule has 3 rings (SSSR count). The van der Waals surface area contributed by atoms with Crippen LogP contribution < -0.4 is 15.4 Å². The molecular formula is C19H26N4O4. The van der Waals surface area contributed by atoms with Crippen molar-refractivity contribution >= 4 is 22.9 Å². The van der Waals surface area contributed by atoms with E-state index in [4.69, 9.17) is 9.15 Å². The molecule has 8 heteroatoms. The predicted molar refractivity (Wildman–Crippen MR) is 100 cm³/mol. The molecule has 8 nitrogen and oxygen atoms in total. The average Bonchev–Trinajstić information content (AvgIpc) is 3.21. The number of amides is 2. The maximum absolute atomic E-state index is 12.3. The van der Waals surface area contributed by atoms with E-state index in [1.807, 2.05) is 13.1 Å². The van der Waals surface area contributed by atoms with Crippen LogP contribution in [0, 0.1) is 0 Å². The molecule has 0 unspecified atom stereocenters. The molecule has 27 heavy (non-hydrogen) atoms. The molecule has 1 aromatic heterocycles. The third kappa shape index (κ3) is 4.77. The van der Waals surface area contributed by atoms with E-state index in [0.717, 1.165) is 12.8 Å². The number of benzene rings is 1. The van der Waals surface area contributed by atoms with Crippen LogP contribution in [0.2, 0.25) is 0 Å². The molecule has 2 atom stereocenters. The summed E-state index contributed by atoms with van der Waals surface area (Å²) in [6.07, 6.45) is 2.33. The monoisotopic (exact) mass is 374 g/mol. The van der Waals surface area contributed by atoms with Crippen LogP contribution in [0.3, 0.4) is 0 Å². The van der Waals surface area contributed by atoms with E-state index >= 15 is 0 Å². The Labute approximate surface area is 158 Å². The normalized spacial score (nSPS) is 20.0. The van der Waals surface area contributed by atoms with Gasteiger partial charge in [-0.15, -0.1) is 0 Å². The summed E-state index contributed by atoms with van der Waals surface area (Å²) in [6.45, 7) is 2.39. The number of nitrogens with zero attached hydrogens (tertiary/aromatic N) is 2. The molecule has 0 saturated carbocycles. The van der Waals surface area contributed by atoms with Crippen LogP contribution in [0.4, 0.5) is 0 Å². The maximum Gasteiger partial charge on any atom is 0.222 e. The molecule has 146 valence electrons. The summed E-state index contributed by atoms with van der Waals surface area (Å²) in [5.41, 5.74) is 1.37. The fraction of sp³-hybridized carbons (Fsp3) is 0.526. The number of likely N-dealkylation sites (tertiary alicyclic amines) is 1. The van der Waals surface area contributed by atoms with E-state index in [-0.39, 0.29) is 30.4 Å². The highest BCUT2D eigenvalue weighted by atomic mass is 16.5. The standard InChI is InChI=1S/C19H26N4O4/c1-12(24)20-10-14-5-4-13(23(14)2)8-18(25)21-11-19-22-16-9-15(26-3)6-7-17(16)27-19/h6-7,9,13-14H,4-5,8,10-11H2,1-3H3,(H,20,24)(H,21,25)/t13-,14+/m0/s1. The van der Waals surface area contributed by atoms with Gasteiger partial charge in [0, 0.05) is 38.0 Å². The highest BCUT2D eigenvalue weighted by Gasteiger charge is 2.31. The first-order valence-electron chi connectivity index (χ1n) is 9.12. The average molecular weight is 374 g/mol. The number of ether oxygens (including phenoxy) is 1. The van der Waals surface area contributed by atoms with Crippen LogP contribution in [-0.4, -0.2) is 54.5 Å². The molecule has 1 aromatic carbocycles. The summed E-state index contributed by atoms with van der Waals surface area (Å²) in [7, 11) is 3.61. The highest BCUT2D eigenvalue weighted by Crippen LogP contribution is 2.24.